The number of carbonyl (C=O) groups excluding carboxylic acids is 2. The van der Waals surface area contributed by atoms with Crippen molar-refractivity contribution < 1.29 is 19.2 Å². The first kappa shape index (κ1) is 17.1. The Balaban J connectivity index is 2.09. The van der Waals surface area contributed by atoms with Gasteiger partial charge in [0.05, 0.1) is 0 Å². The highest BCUT2D eigenvalue weighted by molar-refractivity contribution is 5.98. The van der Waals surface area contributed by atoms with Gasteiger partial charge in [-0.15, -0.1) is 0 Å². The fourth-order valence-electron chi connectivity index (χ4n) is 1.92. The molecule has 0 fully saturated rings. The van der Waals surface area contributed by atoms with Crippen molar-refractivity contribution in [3.8, 4) is 5.75 Å². The average Bonchev–Trinajstić information content (AvgIpc) is 2.55. The number of nitro groups is 1. The van der Waals surface area contributed by atoms with Gasteiger partial charge in [0.2, 0.25) is 5.75 Å². The third-order valence-corrected chi connectivity index (χ3v) is 3.13. The van der Waals surface area contributed by atoms with E-state index in [4.69, 9.17) is 4.74 Å². The van der Waals surface area contributed by atoms with Gasteiger partial charge in [0, 0.05) is 11.3 Å². The Kier molecular flexibility index (Phi) is 5.20. The molecule has 8 heteroatoms. The lowest BCUT2D eigenvalue weighted by Crippen LogP contribution is -2.30. The smallest absolute Gasteiger partial charge is 0.406 e. The molecule has 0 aliphatic carbocycles. The van der Waals surface area contributed by atoms with Crippen LogP contribution in [0.1, 0.15) is 24.2 Å². The summed E-state index contributed by atoms with van der Waals surface area (Å²) in [5.74, 6) is -1.19. The number of carbonyl (C=O) groups is 2. The summed E-state index contributed by atoms with van der Waals surface area (Å²) in [5, 5.41) is 13.5. The van der Waals surface area contributed by atoms with E-state index >= 15 is 0 Å². The minimum Gasteiger partial charge on any atom is -0.473 e. The number of Topliss-reactive ketones (excluding diaryl/α,β-unsaturated/α-hetero) is 1. The van der Waals surface area contributed by atoms with Crippen LogP contribution in [0.5, 0.6) is 5.75 Å². The van der Waals surface area contributed by atoms with E-state index in [9.17, 15) is 19.7 Å². The van der Waals surface area contributed by atoms with E-state index in [1.54, 1.807) is 24.3 Å². The first-order valence-electron chi connectivity index (χ1n) is 7.06. The third-order valence-electron chi connectivity index (χ3n) is 3.13. The van der Waals surface area contributed by atoms with Crippen LogP contribution in [0.25, 0.3) is 0 Å². The van der Waals surface area contributed by atoms with Gasteiger partial charge in [0.15, 0.2) is 11.9 Å². The van der Waals surface area contributed by atoms with E-state index in [0.717, 1.165) is 0 Å². The number of ketones is 1. The second kappa shape index (κ2) is 7.32. The first-order valence-corrected chi connectivity index (χ1v) is 7.06. The van der Waals surface area contributed by atoms with Gasteiger partial charge in [-0.2, -0.15) is 0 Å². The molecule has 1 atom stereocenters. The number of rotatable bonds is 6. The molecule has 1 amide bonds. The monoisotopic (exact) mass is 329 g/mol. The van der Waals surface area contributed by atoms with Gasteiger partial charge in [-0.1, -0.05) is 12.1 Å². The molecule has 1 unspecified atom stereocenters. The number of amides is 1. The number of aromatic nitrogens is 1. The molecule has 0 aliphatic rings. The molecule has 2 aromatic rings. The lowest BCUT2D eigenvalue weighted by Gasteiger charge is -2.14. The molecule has 0 radical (unpaired) electrons. The molecule has 124 valence electrons. The predicted molar refractivity (Wildman–Crippen MR) is 86.1 cm³/mol. The molecule has 1 aromatic carbocycles. The van der Waals surface area contributed by atoms with Gasteiger partial charge >= 0.3 is 5.82 Å². The number of hydrogen-bond acceptors (Lipinski definition) is 6. The van der Waals surface area contributed by atoms with E-state index in [-0.39, 0.29) is 11.5 Å². The fourth-order valence-corrected chi connectivity index (χ4v) is 1.92. The Labute approximate surface area is 137 Å². The molecule has 24 heavy (non-hydrogen) atoms. The minimum absolute atomic E-state index is 0.0948. The van der Waals surface area contributed by atoms with Crippen molar-refractivity contribution in [3.63, 3.8) is 0 Å². The van der Waals surface area contributed by atoms with Crippen molar-refractivity contribution in [2.75, 3.05) is 5.32 Å². The maximum atomic E-state index is 12.2. The predicted octanol–water partition coefficient (Wildman–Crippen LogP) is 2.60. The highest BCUT2D eigenvalue weighted by Crippen LogP contribution is 2.24. The maximum absolute atomic E-state index is 12.2. The molecule has 1 heterocycles. The van der Waals surface area contributed by atoms with E-state index < -0.39 is 22.8 Å². The van der Waals surface area contributed by atoms with Crippen LogP contribution in [0.15, 0.2) is 42.6 Å². The zero-order valence-corrected chi connectivity index (χ0v) is 13.1. The van der Waals surface area contributed by atoms with E-state index in [0.29, 0.717) is 11.3 Å². The van der Waals surface area contributed by atoms with Crippen LogP contribution in [0.2, 0.25) is 0 Å². The lowest BCUT2D eigenvalue weighted by atomic mass is 10.1. The van der Waals surface area contributed by atoms with Crippen molar-refractivity contribution in [2.45, 2.75) is 20.0 Å². The first-order chi connectivity index (χ1) is 11.4. The summed E-state index contributed by atoms with van der Waals surface area (Å²) in [6.07, 6.45) is 0.275. The summed E-state index contributed by atoms with van der Waals surface area (Å²) < 4.78 is 5.34. The fraction of sp³-hybridized carbons (Fsp3) is 0.188. The summed E-state index contributed by atoms with van der Waals surface area (Å²) in [5.41, 5.74) is 0.896. The Morgan fingerprint density at radius 2 is 2.04 bits per heavy atom. The van der Waals surface area contributed by atoms with Crippen LogP contribution in [-0.2, 0) is 4.79 Å². The van der Waals surface area contributed by atoms with E-state index in [2.05, 4.69) is 10.3 Å². The van der Waals surface area contributed by atoms with Crippen LogP contribution in [0.3, 0.4) is 0 Å². The molecule has 0 bridgehead atoms. The molecule has 0 aliphatic heterocycles. The van der Waals surface area contributed by atoms with Gasteiger partial charge in [-0.3, -0.25) is 9.59 Å². The molecular formula is C16H15N3O5. The molecule has 0 saturated carbocycles. The second-order valence-electron chi connectivity index (χ2n) is 4.97. The van der Waals surface area contributed by atoms with Crippen molar-refractivity contribution in [1.82, 2.24) is 4.98 Å². The summed E-state index contributed by atoms with van der Waals surface area (Å²) in [6, 6.07) is 9.29. The number of anilines is 1. The van der Waals surface area contributed by atoms with Crippen molar-refractivity contribution in [2.24, 2.45) is 0 Å². The summed E-state index contributed by atoms with van der Waals surface area (Å²) in [7, 11) is 0. The Morgan fingerprint density at radius 1 is 1.29 bits per heavy atom. The lowest BCUT2D eigenvalue weighted by molar-refractivity contribution is -0.390. The Hall–Kier alpha value is -3.29. The number of benzene rings is 1. The number of nitrogens with zero attached hydrogens (tertiary/aromatic N) is 2. The number of hydrogen-bond donors (Lipinski definition) is 1. The molecule has 8 nitrogen and oxygen atoms in total. The van der Waals surface area contributed by atoms with Crippen LogP contribution < -0.4 is 10.1 Å². The largest absolute Gasteiger partial charge is 0.473 e. The van der Waals surface area contributed by atoms with Crippen molar-refractivity contribution >= 4 is 23.2 Å². The quantitative estimate of drug-likeness (QED) is 0.495. The van der Waals surface area contributed by atoms with Crippen LogP contribution in [0, 0.1) is 10.1 Å². The Bertz CT molecular complexity index is 791. The van der Waals surface area contributed by atoms with Crippen molar-refractivity contribution in [3.05, 3.63) is 58.3 Å². The Morgan fingerprint density at radius 3 is 2.71 bits per heavy atom. The average molecular weight is 329 g/mol. The second-order valence-corrected chi connectivity index (χ2v) is 4.97. The number of ether oxygens (including phenoxy) is 1. The maximum Gasteiger partial charge on any atom is 0.406 e. The standard InChI is InChI=1S/C16H15N3O5/c1-10(20)12-5-3-6-13(9-12)18-16(21)11(2)24-14-7-4-8-17-15(14)19(22)23/h3-9,11H,1-2H3,(H,18,21). The summed E-state index contributed by atoms with van der Waals surface area (Å²) >= 11 is 0. The number of nitrogens with one attached hydrogen (secondary N) is 1. The van der Waals surface area contributed by atoms with Gasteiger partial charge in [-0.05, 0) is 48.0 Å². The van der Waals surface area contributed by atoms with Crippen LogP contribution in [-0.4, -0.2) is 27.7 Å². The molecule has 0 spiro atoms. The third kappa shape index (κ3) is 4.13. The molecule has 2 rings (SSSR count). The molecular weight excluding hydrogens is 314 g/mol. The van der Waals surface area contributed by atoms with Gasteiger partial charge < -0.3 is 20.2 Å². The van der Waals surface area contributed by atoms with E-state index in [1.807, 2.05) is 0 Å². The van der Waals surface area contributed by atoms with Gasteiger partial charge in [-0.25, -0.2) is 0 Å². The number of pyridine rings is 1. The van der Waals surface area contributed by atoms with Crippen LogP contribution >= 0.6 is 0 Å². The van der Waals surface area contributed by atoms with Crippen molar-refractivity contribution in [1.29, 1.82) is 0 Å². The highest BCUT2D eigenvalue weighted by Gasteiger charge is 2.22. The molecule has 1 aromatic heterocycles. The van der Waals surface area contributed by atoms with Crippen LogP contribution in [0.4, 0.5) is 11.5 Å². The van der Waals surface area contributed by atoms with Gasteiger partial charge in [0.1, 0.15) is 6.20 Å². The zero-order valence-electron chi connectivity index (χ0n) is 13.1. The highest BCUT2D eigenvalue weighted by atomic mass is 16.6. The zero-order chi connectivity index (χ0) is 17.7. The topological polar surface area (TPSA) is 111 Å². The minimum atomic E-state index is -0.992. The van der Waals surface area contributed by atoms with Gasteiger partial charge in [0.25, 0.3) is 5.91 Å². The summed E-state index contributed by atoms with van der Waals surface area (Å²) in [6.45, 7) is 2.88. The summed E-state index contributed by atoms with van der Waals surface area (Å²) in [4.78, 5) is 37.3. The molecule has 0 saturated heterocycles. The SMILES string of the molecule is CC(=O)c1cccc(NC(=O)C(C)Oc2cccnc2[N+](=O)[O-])c1. The normalized spacial score (nSPS) is 11.4. The van der Waals surface area contributed by atoms with E-state index in [1.165, 1.54) is 32.2 Å². The molecule has 1 N–H and O–H groups in total.